The van der Waals surface area contributed by atoms with Gasteiger partial charge in [-0.1, -0.05) is 12.2 Å². The van der Waals surface area contributed by atoms with Gasteiger partial charge in [-0.2, -0.15) is 9.61 Å². The van der Waals surface area contributed by atoms with Crippen LogP contribution in [0, 0.1) is 0 Å². The highest BCUT2D eigenvalue weighted by Gasteiger charge is 2.27. The Hall–Kier alpha value is -3.06. The molecule has 4 heterocycles. The second kappa shape index (κ2) is 8.36. The molecule has 0 spiro atoms. The van der Waals surface area contributed by atoms with Crippen LogP contribution in [0.25, 0.3) is 5.65 Å². The molecule has 0 unspecified atom stereocenters. The highest BCUT2D eigenvalue weighted by Crippen LogP contribution is 2.33. The zero-order valence-electron chi connectivity index (χ0n) is 17.3. The van der Waals surface area contributed by atoms with Crippen LogP contribution in [0.3, 0.4) is 0 Å². The third-order valence-corrected chi connectivity index (χ3v) is 5.81. The first kappa shape index (κ1) is 18.9. The van der Waals surface area contributed by atoms with Crippen molar-refractivity contribution < 1.29 is 4.74 Å². The quantitative estimate of drug-likeness (QED) is 0.634. The van der Waals surface area contributed by atoms with Gasteiger partial charge < -0.3 is 20.3 Å². The Morgan fingerprint density at radius 3 is 2.90 bits per heavy atom. The fraction of sp³-hybridized carbons (Fsp3) is 0.391. The summed E-state index contributed by atoms with van der Waals surface area (Å²) in [6, 6.07) is 10.5. The van der Waals surface area contributed by atoms with Gasteiger partial charge in [-0.25, -0.2) is 4.98 Å². The van der Waals surface area contributed by atoms with Crippen LogP contribution in [0.1, 0.15) is 25.3 Å². The maximum absolute atomic E-state index is 5.58. The zero-order chi connectivity index (χ0) is 20.3. The molecular formula is C23H28N6O. The summed E-state index contributed by atoms with van der Waals surface area (Å²) in [6.07, 6.45) is 9.54. The number of piperidine rings is 1. The fourth-order valence-electron chi connectivity index (χ4n) is 4.35. The number of hydrogen-bond donors (Lipinski definition) is 2. The van der Waals surface area contributed by atoms with Crippen LogP contribution in [-0.2, 0) is 6.42 Å². The molecule has 5 rings (SSSR count). The highest BCUT2D eigenvalue weighted by molar-refractivity contribution is 5.71. The van der Waals surface area contributed by atoms with E-state index in [0.717, 1.165) is 54.8 Å². The second-order valence-corrected chi connectivity index (χ2v) is 7.77. The Morgan fingerprint density at radius 1 is 1.20 bits per heavy atom. The van der Waals surface area contributed by atoms with E-state index in [-0.39, 0.29) is 0 Å². The van der Waals surface area contributed by atoms with Crippen molar-refractivity contribution in [1.29, 1.82) is 0 Å². The fourth-order valence-corrected chi connectivity index (χ4v) is 4.35. The van der Waals surface area contributed by atoms with Gasteiger partial charge in [-0.15, -0.1) is 0 Å². The van der Waals surface area contributed by atoms with Gasteiger partial charge in [0.2, 0.25) is 0 Å². The topological polar surface area (TPSA) is 66.7 Å². The first-order chi connectivity index (χ1) is 14.8. The van der Waals surface area contributed by atoms with Crippen LogP contribution < -0.4 is 20.3 Å². The van der Waals surface area contributed by atoms with Crippen molar-refractivity contribution in [2.24, 2.45) is 0 Å². The third kappa shape index (κ3) is 3.61. The number of benzene rings is 1. The molecule has 2 N–H and O–H groups in total. The van der Waals surface area contributed by atoms with Crippen molar-refractivity contribution in [3.05, 3.63) is 54.2 Å². The summed E-state index contributed by atoms with van der Waals surface area (Å²) < 4.78 is 7.49. The third-order valence-electron chi connectivity index (χ3n) is 5.81. The number of fused-ring (bicyclic) bond motifs is 2. The molecule has 3 aromatic rings. The van der Waals surface area contributed by atoms with Gasteiger partial charge in [0, 0.05) is 36.4 Å². The van der Waals surface area contributed by atoms with Crippen molar-refractivity contribution in [3.8, 4) is 5.75 Å². The van der Waals surface area contributed by atoms with Crippen LogP contribution in [-0.4, -0.2) is 46.9 Å². The molecule has 0 aliphatic carbocycles. The van der Waals surface area contributed by atoms with Crippen molar-refractivity contribution in [2.75, 3.05) is 36.5 Å². The Balaban J connectivity index is 1.56. The maximum atomic E-state index is 5.58. The molecule has 0 bridgehead atoms. The molecular weight excluding hydrogens is 376 g/mol. The molecule has 2 aliphatic rings. The minimum Gasteiger partial charge on any atom is -0.494 e. The molecule has 2 aliphatic heterocycles. The lowest BCUT2D eigenvalue weighted by atomic mass is 10.1. The van der Waals surface area contributed by atoms with Gasteiger partial charge in [0.05, 0.1) is 12.8 Å². The number of nitrogens with zero attached hydrogens (tertiary/aromatic N) is 4. The average molecular weight is 405 g/mol. The zero-order valence-corrected chi connectivity index (χ0v) is 17.3. The van der Waals surface area contributed by atoms with E-state index in [1.54, 1.807) is 0 Å². The summed E-state index contributed by atoms with van der Waals surface area (Å²) in [5.74, 6) is 2.92. The van der Waals surface area contributed by atoms with Crippen LogP contribution in [0.15, 0.2) is 48.7 Å². The van der Waals surface area contributed by atoms with Gasteiger partial charge >= 0.3 is 0 Å². The van der Waals surface area contributed by atoms with Gasteiger partial charge in [0.15, 0.2) is 5.65 Å². The maximum Gasteiger partial charge on any atom is 0.159 e. The van der Waals surface area contributed by atoms with E-state index in [9.17, 15) is 0 Å². The molecule has 1 atom stereocenters. The Labute approximate surface area is 176 Å². The molecule has 0 radical (unpaired) electrons. The predicted octanol–water partition coefficient (Wildman–Crippen LogP) is 3.54. The Bertz CT molecular complexity index is 1040. The van der Waals surface area contributed by atoms with E-state index in [0.29, 0.717) is 12.6 Å². The van der Waals surface area contributed by atoms with E-state index < -0.39 is 0 Å². The van der Waals surface area contributed by atoms with Gasteiger partial charge in [0.1, 0.15) is 17.4 Å². The summed E-state index contributed by atoms with van der Waals surface area (Å²) in [6.45, 7) is 5.65. The van der Waals surface area contributed by atoms with E-state index in [1.807, 2.05) is 48.0 Å². The molecule has 2 aromatic heterocycles. The number of aromatic nitrogens is 3. The minimum atomic E-state index is 0.455. The SMILES string of the molecule is CCOc1ccc(Nc2c3c(nc4ccnn24)N([C@H]2CCCNC2)CC=CC3)cc1. The van der Waals surface area contributed by atoms with Gasteiger partial charge in [-0.3, -0.25) is 0 Å². The van der Waals surface area contributed by atoms with E-state index in [4.69, 9.17) is 9.72 Å². The summed E-state index contributed by atoms with van der Waals surface area (Å²) in [7, 11) is 0. The van der Waals surface area contributed by atoms with Crippen molar-refractivity contribution in [1.82, 2.24) is 19.9 Å². The molecule has 0 saturated carbocycles. The number of hydrogen-bond acceptors (Lipinski definition) is 6. The number of rotatable bonds is 5. The highest BCUT2D eigenvalue weighted by atomic mass is 16.5. The number of nitrogens with one attached hydrogen (secondary N) is 2. The van der Waals surface area contributed by atoms with Crippen LogP contribution in [0.2, 0.25) is 0 Å². The number of anilines is 3. The summed E-state index contributed by atoms with van der Waals surface area (Å²) in [4.78, 5) is 7.49. The van der Waals surface area contributed by atoms with E-state index >= 15 is 0 Å². The predicted molar refractivity (Wildman–Crippen MR) is 120 cm³/mol. The summed E-state index contributed by atoms with van der Waals surface area (Å²) >= 11 is 0. The smallest absolute Gasteiger partial charge is 0.159 e. The van der Waals surface area contributed by atoms with E-state index in [2.05, 4.69) is 32.8 Å². The normalized spacial score (nSPS) is 18.8. The summed E-state index contributed by atoms with van der Waals surface area (Å²) in [5, 5.41) is 11.7. The molecule has 0 amide bonds. The molecule has 1 fully saturated rings. The van der Waals surface area contributed by atoms with Crippen molar-refractivity contribution in [3.63, 3.8) is 0 Å². The molecule has 1 aromatic carbocycles. The first-order valence-corrected chi connectivity index (χ1v) is 10.8. The van der Waals surface area contributed by atoms with Crippen LogP contribution in [0.5, 0.6) is 5.75 Å². The molecule has 30 heavy (non-hydrogen) atoms. The monoisotopic (exact) mass is 404 g/mol. The standard InChI is InChI=1S/C23H28N6O/c1-2-30-19-10-8-17(9-11-19)26-23-20-7-3-4-15-28(18-6-5-13-24-16-18)22(20)27-21-12-14-25-29(21)23/h3-4,8-12,14,18,24,26H,2,5-7,13,15-16H2,1H3/t18-/m0/s1. The van der Waals surface area contributed by atoms with Crippen LogP contribution >= 0.6 is 0 Å². The molecule has 7 nitrogen and oxygen atoms in total. The Morgan fingerprint density at radius 2 is 2.10 bits per heavy atom. The lowest BCUT2D eigenvalue weighted by Gasteiger charge is -2.35. The second-order valence-electron chi connectivity index (χ2n) is 7.77. The summed E-state index contributed by atoms with van der Waals surface area (Å²) in [5.41, 5.74) is 3.04. The van der Waals surface area contributed by atoms with Crippen molar-refractivity contribution >= 4 is 23.0 Å². The minimum absolute atomic E-state index is 0.455. The largest absolute Gasteiger partial charge is 0.494 e. The number of ether oxygens (including phenoxy) is 1. The van der Waals surface area contributed by atoms with E-state index in [1.165, 1.54) is 18.4 Å². The lowest BCUT2D eigenvalue weighted by Crippen LogP contribution is -2.46. The molecule has 1 saturated heterocycles. The van der Waals surface area contributed by atoms with Crippen LogP contribution in [0.4, 0.5) is 17.3 Å². The first-order valence-electron chi connectivity index (χ1n) is 10.8. The van der Waals surface area contributed by atoms with Gasteiger partial charge in [-0.05, 0) is 57.0 Å². The lowest BCUT2D eigenvalue weighted by molar-refractivity contribution is 0.340. The number of allylic oxidation sites excluding steroid dienone is 1. The molecule has 156 valence electrons. The van der Waals surface area contributed by atoms with Crippen molar-refractivity contribution in [2.45, 2.75) is 32.2 Å². The van der Waals surface area contributed by atoms with Gasteiger partial charge in [0.25, 0.3) is 0 Å². The molecule has 7 heteroatoms. The Kier molecular flexibility index (Phi) is 5.27. The average Bonchev–Trinajstić information content (AvgIpc) is 3.15.